The Balaban J connectivity index is 2.52. The van der Waals surface area contributed by atoms with Crippen LogP contribution in [0.4, 0.5) is 0 Å². The van der Waals surface area contributed by atoms with E-state index in [1.165, 1.54) is 5.70 Å². The minimum absolute atomic E-state index is 0.676. The lowest BCUT2D eigenvalue weighted by molar-refractivity contribution is 0.662. The van der Waals surface area contributed by atoms with Gasteiger partial charge < -0.3 is 5.32 Å². The normalized spacial score (nSPS) is 26.2. The average Bonchev–Trinajstić information content (AvgIpc) is 2.14. The summed E-state index contributed by atoms with van der Waals surface area (Å²) in [4.78, 5) is 0. The van der Waals surface area contributed by atoms with Crippen LogP contribution in [0.5, 0.6) is 0 Å². The predicted molar refractivity (Wildman–Crippen MR) is 40.1 cm³/mol. The fourth-order valence-corrected chi connectivity index (χ4v) is 1.10. The van der Waals surface area contributed by atoms with Crippen molar-refractivity contribution in [3.63, 3.8) is 0 Å². The second-order valence-electron chi connectivity index (χ2n) is 3.13. The molecule has 0 aromatic rings. The van der Waals surface area contributed by atoms with Crippen LogP contribution in [0, 0.1) is 11.8 Å². The molecule has 1 unspecified atom stereocenters. The van der Waals surface area contributed by atoms with Crippen molar-refractivity contribution in [3.05, 3.63) is 11.8 Å². The van der Waals surface area contributed by atoms with E-state index in [9.17, 15) is 0 Å². The second-order valence-corrected chi connectivity index (χ2v) is 3.13. The first kappa shape index (κ1) is 6.66. The molecule has 1 heteroatoms. The van der Waals surface area contributed by atoms with Crippen molar-refractivity contribution in [2.75, 3.05) is 6.54 Å². The highest BCUT2D eigenvalue weighted by atomic mass is 14.9. The number of hydrogen-bond acceptors (Lipinski definition) is 1. The zero-order chi connectivity index (χ0) is 6.85. The first-order valence-corrected chi connectivity index (χ1v) is 3.65. The molecule has 0 spiro atoms. The summed E-state index contributed by atoms with van der Waals surface area (Å²) in [5, 5.41) is 3.37. The summed E-state index contributed by atoms with van der Waals surface area (Å²) in [5.74, 6) is 1.41. The van der Waals surface area contributed by atoms with E-state index in [1.54, 1.807) is 0 Å². The van der Waals surface area contributed by atoms with Crippen molar-refractivity contribution in [1.29, 1.82) is 0 Å². The van der Waals surface area contributed by atoms with E-state index in [-0.39, 0.29) is 0 Å². The maximum absolute atomic E-state index is 3.37. The molecule has 1 aliphatic rings. The van der Waals surface area contributed by atoms with Crippen LogP contribution in [0.25, 0.3) is 0 Å². The minimum atomic E-state index is 0.676. The highest BCUT2D eigenvalue weighted by molar-refractivity contribution is 5.10. The molecular formula is C8H15N. The molecule has 52 valence electrons. The van der Waals surface area contributed by atoms with Gasteiger partial charge in [-0.1, -0.05) is 26.8 Å². The van der Waals surface area contributed by atoms with Gasteiger partial charge in [0.15, 0.2) is 0 Å². The van der Waals surface area contributed by atoms with E-state index in [0.29, 0.717) is 5.92 Å². The van der Waals surface area contributed by atoms with E-state index >= 15 is 0 Å². The van der Waals surface area contributed by atoms with Gasteiger partial charge in [0.2, 0.25) is 0 Å². The fraction of sp³-hybridized carbons (Fsp3) is 0.750. The second kappa shape index (κ2) is 2.42. The molecule has 1 N–H and O–H groups in total. The van der Waals surface area contributed by atoms with Crippen molar-refractivity contribution < 1.29 is 0 Å². The van der Waals surface area contributed by atoms with Crippen LogP contribution in [0.15, 0.2) is 11.8 Å². The van der Waals surface area contributed by atoms with Crippen molar-refractivity contribution in [3.8, 4) is 0 Å². The van der Waals surface area contributed by atoms with Crippen LogP contribution in [0.3, 0.4) is 0 Å². The van der Waals surface area contributed by atoms with E-state index in [2.05, 4.69) is 32.2 Å². The van der Waals surface area contributed by atoms with Crippen molar-refractivity contribution >= 4 is 0 Å². The molecule has 0 bridgehead atoms. The first-order chi connectivity index (χ1) is 4.20. The standard InChI is InChI=1S/C8H15N/c1-6(2)8-4-7(3)5-9-8/h4,6-7,9H,5H2,1-3H3. The zero-order valence-electron chi connectivity index (χ0n) is 6.44. The number of nitrogens with one attached hydrogen (secondary N) is 1. The third kappa shape index (κ3) is 1.47. The molecule has 1 aliphatic heterocycles. The zero-order valence-corrected chi connectivity index (χ0v) is 6.44. The summed E-state index contributed by atoms with van der Waals surface area (Å²) >= 11 is 0. The summed E-state index contributed by atoms with van der Waals surface area (Å²) < 4.78 is 0. The Morgan fingerprint density at radius 3 is 2.56 bits per heavy atom. The van der Waals surface area contributed by atoms with E-state index in [1.807, 2.05) is 0 Å². The molecule has 1 atom stereocenters. The number of hydrogen-bond donors (Lipinski definition) is 1. The summed E-state index contributed by atoms with van der Waals surface area (Å²) in [6.45, 7) is 7.81. The molecule has 0 aliphatic carbocycles. The molecular weight excluding hydrogens is 110 g/mol. The molecule has 0 saturated heterocycles. The van der Waals surface area contributed by atoms with Gasteiger partial charge in [-0.15, -0.1) is 0 Å². The molecule has 0 aromatic carbocycles. The number of rotatable bonds is 1. The van der Waals surface area contributed by atoms with E-state index < -0.39 is 0 Å². The smallest absolute Gasteiger partial charge is 0.0205 e. The van der Waals surface area contributed by atoms with Gasteiger partial charge in [-0.05, 0) is 11.8 Å². The van der Waals surface area contributed by atoms with Crippen LogP contribution in [0.1, 0.15) is 20.8 Å². The van der Waals surface area contributed by atoms with Gasteiger partial charge >= 0.3 is 0 Å². The fourth-order valence-electron chi connectivity index (χ4n) is 1.10. The summed E-state index contributed by atoms with van der Waals surface area (Å²) in [5.41, 5.74) is 1.42. The Bertz CT molecular complexity index is 125. The molecule has 0 amide bonds. The van der Waals surface area contributed by atoms with Crippen molar-refractivity contribution in [2.45, 2.75) is 20.8 Å². The lowest BCUT2D eigenvalue weighted by Gasteiger charge is -2.05. The predicted octanol–water partition coefficient (Wildman–Crippen LogP) is 1.77. The Morgan fingerprint density at radius 2 is 2.33 bits per heavy atom. The maximum Gasteiger partial charge on any atom is 0.0205 e. The van der Waals surface area contributed by atoms with Crippen molar-refractivity contribution in [1.82, 2.24) is 5.32 Å². The Labute approximate surface area is 57.1 Å². The minimum Gasteiger partial charge on any atom is -0.388 e. The molecule has 0 saturated carbocycles. The van der Waals surface area contributed by atoms with Crippen LogP contribution >= 0.6 is 0 Å². The van der Waals surface area contributed by atoms with Gasteiger partial charge in [-0.2, -0.15) is 0 Å². The SMILES string of the molecule is CC1C=C(C(C)C)NC1. The van der Waals surface area contributed by atoms with Crippen LogP contribution in [-0.4, -0.2) is 6.54 Å². The molecule has 0 fully saturated rings. The molecule has 1 rings (SSSR count). The highest BCUT2D eigenvalue weighted by Gasteiger charge is 2.11. The Morgan fingerprint density at radius 1 is 1.67 bits per heavy atom. The van der Waals surface area contributed by atoms with Crippen molar-refractivity contribution in [2.24, 2.45) is 11.8 Å². The van der Waals surface area contributed by atoms with Crippen LogP contribution in [0.2, 0.25) is 0 Å². The topological polar surface area (TPSA) is 12.0 Å². The van der Waals surface area contributed by atoms with Gasteiger partial charge in [-0.3, -0.25) is 0 Å². The summed E-state index contributed by atoms with van der Waals surface area (Å²) in [6.07, 6.45) is 2.32. The molecule has 1 nitrogen and oxygen atoms in total. The summed E-state index contributed by atoms with van der Waals surface area (Å²) in [6, 6.07) is 0. The van der Waals surface area contributed by atoms with Gasteiger partial charge in [0.25, 0.3) is 0 Å². The third-order valence-electron chi connectivity index (χ3n) is 1.71. The molecule has 0 radical (unpaired) electrons. The lowest BCUT2D eigenvalue weighted by atomic mass is 10.1. The Hall–Kier alpha value is -0.460. The monoisotopic (exact) mass is 125 g/mol. The van der Waals surface area contributed by atoms with E-state index in [4.69, 9.17) is 0 Å². The quantitative estimate of drug-likeness (QED) is 0.563. The van der Waals surface area contributed by atoms with Crippen LogP contribution in [-0.2, 0) is 0 Å². The summed E-state index contributed by atoms with van der Waals surface area (Å²) in [7, 11) is 0. The molecule has 9 heavy (non-hydrogen) atoms. The van der Waals surface area contributed by atoms with Gasteiger partial charge in [0, 0.05) is 12.2 Å². The molecule has 1 heterocycles. The van der Waals surface area contributed by atoms with Crippen LogP contribution < -0.4 is 5.32 Å². The largest absolute Gasteiger partial charge is 0.388 e. The average molecular weight is 125 g/mol. The number of allylic oxidation sites excluding steroid dienone is 1. The van der Waals surface area contributed by atoms with Gasteiger partial charge in [-0.25, -0.2) is 0 Å². The lowest BCUT2D eigenvalue weighted by Crippen LogP contribution is -2.13. The van der Waals surface area contributed by atoms with E-state index in [0.717, 1.165) is 12.5 Å². The Kier molecular flexibility index (Phi) is 1.79. The maximum atomic E-state index is 3.37. The third-order valence-corrected chi connectivity index (χ3v) is 1.71. The molecule has 0 aromatic heterocycles. The van der Waals surface area contributed by atoms with Gasteiger partial charge in [0.1, 0.15) is 0 Å². The highest BCUT2D eigenvalue weighted by Crippen LogP contribution is 2.15. The first-order valence-electron chi connectivity index (χ1n) is 3.65. The van der Waals surface area contributed by atoms with Gasteiger partial charge in [0.05, 0.1) is 0 Å².